The van der Waals surface area contributed by atoms with Crippen molar-refractivity contribution in [2.75, 3.05) is 23.4 Å². The molecule has 0 aliphatic carbocycles. The number of rotatable bonds is 4. The molecule has 1 fully saturated rings. The number of hydrogen-bond donors (Lipinski definition) is 2. The van der Waals surface area contributed by atoms with Crippen molar-refractivity contribution in [2.45, 2.75) is 12.5 Å². The SMILES string of the molecule is Cl.O=C(CC1CSCCN1)Nc1ccc(-n2cccn2)c(Cl)c1. The molecule has 0 spiro atoms. The maximum absolute atomic E-state index is 12.1. The largest absolute Gasteiger partial charge is 0.326 e. The molecule has 5 nitrogen and oxygen atoms in total. The van der Waals surface area contributed by atoms with Gasteiger partial charge in [0, 0.05) is 48.6 Å². The van der Waals surface area contributed by atoms with E-state index in [9.17, 15) is 4.79 Å². The molecule has 1 atom stereocenters. The van der Waals surface area contributed by atoms with Crippen molar-refractivity contribution in [1.82, 2.24) is 15.1 Å². The van der Waals surface area contributed by atoms with Crippen LogP contribution < -0.4 is 10.6 Å². The van der Waals surface area contributed by atoms with Crippen LogP contribution in [-0.4, -0.2) is 39.8 Å². The monoisotopic (exact) mass is 372 g/mol. The molecular weight excluding hydrogens is 355 g/mol. The Bertz CT molecular complexity index is 645. The molecule has 0 bridgehead atoms. The second kappa shape index (κ2) is 8.59. The predicted octanol–water partition coefficient (Wildman–Crippen LogP) is 2.98. The summed E-state index contributed by atoms with van der Waals surface area (Å²) in [4.78, 5) is 12.1. The van der Waals surface area contributed by atoms with Gasteiger partial charge in [-0.15, -0.1) is 12.4 Å². The summed E-state index contributed by atoms with van der Waals surface area (Å²) >= 11 is 8.15. The standard InChI is InChI=1S/C15H17ClN4OS.ClH/c16-13-8-11(2-3-14(13)20-6-1-4-18-20)19-15(21)9-12-10-22-7-5-17-12;/h1-4,6,8,12,17H,5,7,9-10H2,(H,19,21);1H. The average molecular weight is 373 g/mol. The van der Waals surface area contributed by atoms with Crippen molar-refractivity contribution in [2.24, 2.45) is 0 Å². The minimum Gasteiger partial charge on any atom is -0.326 e. The number of nitrogens with one attached hydrogen (secondary N) is 2. The molecule has 1 aliphatic rings. The molecule has 1 aromatic carbocycles. The van der Waals surface area contributed by atoms with Gasteiger partial charge in [-0.05, 0) is 24.3 Å². The highest BCUT2D eigenvalue weighted by atomic mass is 35.5. The van der Waals surface area contributed by atoms with E-state index in [-0.39, 0.29) is 24.4 Å². The Labute approximate surface area is 150 Å². The van der Waals surface area contributed by atoms with E-state index in [2.05, 4.69) is 15.7 Å². The number of aromatic nitrogens is 2. The van der Waals surface area contributed by atoms with Gasteiger partial charge in [0.1, 0.15) is 0 Å². The molecule has 2 N–H and O–H groups in total. The summed E-state index contributed by atoms with van der Waals surface area (Å²) in [6.45, 7) is 0.965. The first-order chi connectivity index (χ1) is 10.7. The minimum atomic E-state index is 0. The highest BCUT2D eigenvalue weighted by molar-refractivity contribution is 7.99. The van der Waals surface area contributed by atoms with Crippen LogP contribution in [0.3, 0.4) is 0 Å². The molecule has 1 aromatic heterocycles. The van der Waals surface area contributed by atoms with E-state index in [1.54, 1.807) is 16.9 Å². The first-order valence-corrected chi connectivity index (χ1v) is 8.66. The molecule has 1 amide bonds. The van der Waals surface area contributed by atoms with E-state index in [0.29, 0.717) is 17.1 Å². The van der Waals surface area contributed by atoms with Crippen molar-refractivity contribution < 1.29 is 4.79 Å². The summed E-state index contributed by atoms with van der Waals surface area (Å²) in [5.41, 5.74) is 1.49. The highest BCUT2D eigenvalue weighted by Gasteiger charge is 2.17. The van der Waals surface area contributed by atoms with Gasteiger partial charge in [-0.1, -0.05) is 11.6 Å². The molecule has 1 saturated heterocycles. The topological polar surface area (TPSA) is 59.0 Å². The zero-order valence-corrected chi connectivity index (χ0v) is 14.8. The fourth-order valence-corrected chi connectivity index (χ4v) is 3.58. The second-order valence-electron chi connectivity index (χ2n) is 5.10. The van der Waals surface area contributed by atoms with Crippen molar-refractivity contribution in [3.05, 3.63) is 41.7 Å². The van der Waals surface area contributed by atoms with Crippen LogP contribution >= 0.6 is 35.8 Å². The van der Waals surface area contributed by atoms with Crippen molar-refractivity contribution in [3.63, 3.8) is 0 Å². The summed E-state index contributed by atoms with van der Waals surface area (Å²) in [6, 6.07) is 7.52. The van der Waals surface area contributed by atoms with Gasteiger partial charge in [-0.2, -0.15) is 16.9 Å². The lowest BCUT2D eigenvalue weighted by Gasteiger charge is -2.22. The van der Waals surface area contributed by atoms with Crippen molar-refractivity contribution in [1.29, 1.82) is 0 Å². The Hall–Kier alpha value is -1.21. The first-order valence-electron chi connectivity index (χ1n) is 7.13. The molecule has 0 radical (unpaired) electrons. The summed E-state index contributed by atoms with van der Waals surface area (Å²) < 4.78 is 1.69. The Morgan fingerprint density at radius 1 is 1.52 bits per heavy atom. The number of amides is 1. The van der Waals surface area contributed by atoms with Crippen LogP contribution in [0, 0.1) is 0 Å². The predicted molar refractivity (Wildman–Crippen MR) is 98.2 cm³/mol. The summed E-state index contributed by atoms with van der Waals surface area (Å²) in [6.07, 6.45) is 4.00. The third kappa shape index (κ3) is 4.88. The van der Waals surface area contributed by atoms with E-state index >= 15 is 0 Å². The number of nitrogens with zero attached hydrogens (tertiary/aromatic N) is 2. The quantitative estimate of drug-likeness (QED) is 0.865. The van der Waals surface area contributed by atoms with Gasteiger partial charge >= 0.3 is 0 Å². The fraction of sp³-hybridized carbons (Fsp3) is 0.333. The second-order valence-corrected chi connectivity index (χ2v) is 6.65. The van der Waals surface area contributed by atoms with Gasteiger partial charge in [-0.25, -0.2) is 4.68 Å². The molecule has 0 saturated carbocycles. The maximum atomic E-state index is 12.1. The van der Waals surface area contributed by atoms with Crippen molar-refractivity contribution in [3.8, 4) is 5.69 Å². The lowest BCUT2D eigenvalue weighted by Crippen LogP contribution is -2.39. The van der Waals surface area contributed by atoms with Crippen molar-refractivity contribution >= 4 is 47.4 Å². The Morgan fingerprint density at radius 2 is 2.39 bits per heavy atom. The maximum Gasteiger partial charge on any atom is 0.225 e. The zero-order chi connectivity index (χ0) is 15.4. The number of halogens is 2. The normalized spacial score (nSPS) is 17.3. The van der Waals surface area contributed by atoms with Gasteiger partial charge in [0.15, 0.2) is 0 Å². The summed E-state index contributed by atoms with van der Waals surface area (Å²) in [5, 5.41) is 11.0. The molecule has 3 rings (SSSR count). The minimum absolute atomic E-state index is 0. The highest BCUT2D eigenvalue weighted by Crippen LogP contribution is 2.24. The van der Waals surface area contributed by atoms with Crippen LogP contribution in [0.15, 0.2) is 36.7 Å². The molecule has 8 heteroatoms. The summed E-state index contributed by atoms with van der Waals surface area (Å²) in [5.74, 6) is 2.09. The van der Waals surface area contributed by atoms with Crippen LogP contribution in [0.1, 0.15) is 6.42 Å². The van der Waals surface area contributed by atoms with E-state index < -0.39 is 0 Å². The fourth-order valence-electron chi connectivity index (χ4n) is 2.37. The Kier molecular flexibility index (Phi) is 6.77. The van der Waals surface area contributed by atoms with Gasteiger partial charge < -0.3 is 10.6 Å². The van der Waals surface area contributed by atoms with E-state index in [1.165, 1.54) is 0 Å². The van der Waals surface area contributed by atoms with Crippen LogP contribution in [0.25, 0.3) is 5.69 Å². The number of anilines is 1. The van der Waals surface area contributed by atoms with Crippen LogP contribution in [0.5, 0.6) is 0 Å². The third-order valence-electron chi connectivity index (χ3n) is 3.41. The Balaban J connectivity index is 0.00000192. The number of hydrogen-bond acceptors (Lipinski definition) is 4. The molecule has 1 aliphatic heterocycles. The van der Waals surface area contributed by atoms with Crippen LogP contribution in [0.2, 0.25) is 5.02 Å². The summed E-state index contributed by atoms with van der Waals surface area (Å²) in [7, 11) is 0. The van der Waals surface area contributed by atoms with Gasteiger partial charge in [0.05, 0.1) is 10.7 Å². The number of carbonyl (C=O) groups excluding carboxylic acids is 1. The molecule has 124 valence electrons. The number of carbonyl (C=O) groups is 1. The molecule has 2 heterocycles. The lowest BCUT2D eigenvalue weighted by molar-refractivity contribution is -0.116. The molecule has 23 heavy (non-hydrogen) atoms. The third-order valence-corrected chi connectivity index (χ3v) is 4.85. The average Bonchev–Trinajstić information content (AvgIpc) is 3.02. The van der Waals surface area contributed by atoms with Gasteiger partial charge in [0.25, 0.3) is 0 Å². The smallest absolute Gasteiger partial charge is 0.225 e. The van der Waals surface area contributed by atoms with E-state index in [1.807, 2.05) is 36.2 Å². The number of thioether (sulfide) groups is 1. The number of benzene rings is 1. The van der Waals surface area contributed by atoms with Gasteiger partial charge in [0.2, 0.25) is 5.91 Å². The van der Waals surface area contributed by atoms with Crippen LogP contribution in [-0.2, 0) is 4.79 Å². The molecular formula is C15H18Cl2N4OS. The van der Waals surface area contributed by atoms with E-state index in [4.69, 9.17) is 11.6 Å². The molecule has 2 aromatic rings. The Morgan fingerprint density at radius 3 is 3.04 bits per heavy atom. The molecule has 1 unspecified atom stereocenters. The van der Waals surface area contributed by atoms with E-state index in [0.717, 1.165) is 23.7 Å². The first kappa shape index (κ1) is 18.1. The zero-order valence-electron chi connectivity index (χ0n) is 12.4. The van der Waals surface area contributed by atoms with Gasteiger partial charge in [-0.3, -0.25) is 4.79 Å². The lowest BCUT2D eigenvalue weighted by atomic mass is 10.2. The van der Waals surface area contributed by atoms with Crippen LogP contribution in [0.4, 0.5) is 5.69 Å².